The first-order valence-electron chi connectivity index (χ1n) is 8.39. The van der Waals surface area contributed by atoms with Gasteiger partial charge in [0.25, 0.3) is 0 Å². The molecule has 1 aliphatic rings. The van der Waals surface area contributed by atoms with E-state index in [0.29, 0.717) is 32.3 Å². The lowest BCUT2D eigenvalue weighted by molar-refractivity contribution is -0.138. The van der Waals surface area contributed by atoms with Gasteiger partial charge in [0.2, 0.25) is 11.8 Å². The smallest absolute Gasteiger partial charge is 0.246 e. The van der Waals surface area contributed by atoms with Crippen LogP contribution in [0.3, 0.4) is 0 Å². The van der Waals surface area contributed by atoms with Gasteiger partial charge in [-0.2, -0.15) is 0 Å². The molecule has 2 amide bonds. The summed E-state index contributed by atoms with van der Waals surface area (Å²) in [5.74, 6) is -1.52. The molecule has 1 saturated heterocycles. The van der Waals surface area contributed by atoms with Gasteiger partial charge in [0, 0.05) is 12.5 Å². The zero-order chi connectivity index (χ0) is 17.5. The summed E-state index contributed by atoms with van der Waals surface area (Å²) < 4.78 is 5.32. The molecular formula is C18H26N2O4. The maximum Gasteiger partial charge on any atom is 0.246 e. The van der Waals surface area contributed by atoms with Gasteiger partial charge >= 0.3 is 0 Å². The first-order chi connectivity index (χ1) is 11.5. The van der Waals surface area contributed by atoms with E-state index in [9.17, 15) is 14.7 Å². The number of aliphatic hydroxyl groups excluding tert-OH is 1. The maximum atomic E-state index is 11.8. The van der Waals surface area contributed by atoms with Gasteiger partial charge in [-0.15, -0.1) is 0 Å². The van der Waals surface area contributed by atoms with Crippen molar-refractivity contribution in [3.05, 3.63) is 35.9 Å². The average molecular weight is 334 g/mol. The molecule has 0 aromatic heterocycles. The van der Waals surface area contributed by atoms with Crippen LogP contribution >= 0.6 is 0 Å². The van der Waals surface area contributed by atoms with E-state index in [-0.39, 0.29) is 5.92 Å². The second-order valence-corrected chi connectivity index (χ2v) is 6.47. The van der Waals surface area contributed by atoms with Crippen LogP contribution in [0.25, 0.3) is 0 Å². The Bertz CT molecular complexity index is 549. The van der Waals surface area contributed by atoms with Crippen molar-refractivity contribution in [2.45, 2.75) is 44.3 Å². The first-order valence-corrected chi connectivity index (χ1v) is 8.39. The largest absolute Gasteiger partial charge is 0.393 e. The van der Waals surface area contributed by atoms with Crippen molar-refractivity contribution in [2.75, 3.05) is 6.61 Å². The zero-order valence-corrected chi connectivity index (χ0v) is 13.8. The SMILES string of the molecule is NC(=O)C1CC([C@H](C[C@@H](O)CCc2ccccc2)C(N)=O)CCO1. The minimum atomic E-state index is -0.674. The molecule has 0 aliphatic carbocycles. The van der Waals surface area contributed by atoms with E-state index >= 15 is 0 Å². The van der Waals surface area contributed by atoms with Crippen LogP contribution in [-0.2, 0) is 20.7 Å². The van der Waals surface area contributed by atoms with Gasteiger partial charge in [0.15, 0.2) is 0 Å². The van der Waals surface area contributed by atoms with E-state index in [0.717, 1.165) is 12.0 Å². The predicted octanol–water partition coefficient (Wildman–Crippen LogP) is 0.752. The van der Waals surface area contributed by atoms with E-state index in [2.05, 4.69) is 0 Å². The molecule has 1 aliphatic heterocycles. The summed E-state index contributed by atoms with van der Waals surface area (Å²) in [7, 11) is 0. The second kappa shape index (κ2) is 8.80. The van der Waals surface area contributed by atoms with E-state index in [1.807, 2.05) is 30.3 Å². The van der Waals surface area contributed by atoms with Crippen LogP contribution in [-0.4, -0.2) is 35.7 Å². The molecule has 0 spiro atoms. The van der Waals surface area contributed by atoms with E-state index in [1.165, 1.54) is 0 Å². The average Bonchev–Trinajstić information content (AvgIpc) is 2.58. The van der Waals surface area contributed by atoms with Crippen LogP contribution in [0.5, 0.6) is 0 Å². The second-order valence-electron chi connectivity index (χ2n) is 6.47. The van der Waals surface area contributed by atoms with Crippen molar-refractivity contribution in [3.8, 4) is 0 Å². The third kappa shape index (κ3) is 5.32. The number of aryl methyl sites for hydroxylation is 1. The third-order valence-electron chi connectivity index (χ3n) is 4.71. The summed E-state index contributed by atoms with van der Waals surface area (Å²) in [5.41, 5.74) is 12.0. The van der Waals surface area contributed by atoms with Gasteiger partial charge in [0.1, 0.15) is 6.10 Å². The Morgan fingerprint density at radius 1 is 1.25 bits per heavy atom. The van der Waals surface area contributed by atoms with Crippen LogP contribution < -0.4 is 11.5 Å². The fourth-order valence-corrected chi connectivity index (χ4v) is 3.32. The van der Waals surface area contributed by atoms with Crippen molar-refractivity contribution >= 4 is 11.8 Å². The zero-order valence-electron chi connectivity index (χ0n) is 13.8. The normalized spacial score (nSPS) is 23.4. The molecule has 6 heteroatoms. The van der Waals surface area contributed by atoms with Crippen molar-refractivity contribution in [1.82, 2.24) is 0 Å². The molecule has 24 heavy (non-hydrogen) atoms. The van der Waals surface area contributed by atoms with Crippen LogP contribution in [0.2, 0.25) is 0 Å². The third-order valence-corrected chi connectivity index (χ3v) is 4.71. The number of carbonyl (C=O) groups is 2. The summed E-state index contributed by atoms with van der Waals surface area (Å²) in [5, 5.41) is 10.3. The van der Waals surface area contributed by atoms with Crippen molar-refractivity contribution in [2.24, 2.45) is 23.3 Å². The standard InChI is InChI=1S/C18H26N2O4/c19-17(22)15(13-8-9-24-16(10-13)18(20)23)11-14(21)7-6-12-4-2-1-3-5-12/h1-5,13-16,21H,6-11H2,(H2,19,22)(H2,20,23)/t13?,14-,15-,16?/m0/s1. The fourth-order valence-electron chi connectivity index (χ4n) is 3.32. The van der Waals surface area contributed by atoms with Crippen LogP contribution in [0.15, 0.2) is 30.3 Å². The van der Waals surface area contributed by atoms with Gasteiger partial charge in [-0.3, -0.25) is 9.59 Å². The summed E-state index contributed by atoms with van der Waals surface area (Å²) in [6.45, 7) is 0.377. The number of rotatable bonds is 8. The number of amides is 2. The maximum absolute atomic E-state index is 11.8. The highest BCUT2D eigenvalue weighted by molar-refractivity contribution is 5.79. The molecular weight excluding hydrogens is 308 g/mol. The van der Waals surface area contributed by atoms with E-state index in [1.54, 1.807) is 0 Å². The summed E-state index contributed by atoms with van der Waals surface area (Å²) in [6, 6.07) is 9.88. The lowest BCUT2D eigenvalue weighted by atomic mass is 9.79. The predicted molar refractivity (Wildman–Crippen MR) is 89.7 cm³/mol. The Hall–Kier alpha value is -1.92. The molecule has 1 aromatic carbocycles. The Morgan fingerprint density at radius 2 is 1.96 bits per heavy atom. The number of hydrogen-bond acceptors (Lipinski definition) is 4. The highest BCUT2D eigenvalue weighted by Gasteiger charge is 2.35. The number of primary amides is 2. The Labute approximate surface area is 142 Å². The number of nitrogens with two attached hydrogens (primary N) is 2. The molecule has 0 bridgehead atoms. The summed E-state index contributed by atoms with van der Waals surface area (Å²) >= 11 is 0. The highest BCUT2D eigenvalue weighted by atomic mass is 16.5. The first kappa shape index (κ1) is 18.4. The molecule has 1 heterocycles. The molecule has 6 nitrogen and oxygen atoms in total. The van der Waals surface area contributed by atoms with Crippen LogP contribution in [0.4, 0.5) is 0 Å². The number of benzene rings is 1. The van der Waals surface area contributed by atoms with Gasteiger partial charge in [0.05, 0.1) is 6.10 Å². The summed E-state index contributed by atoms with van der Waals surface area (Å²) in [6.07, 6.45) is 1.35. The van der Waals surface area contributed by atoms with Gasteiger partial charge in [-0.25, -0.2) is 0 Å². The monoisotopic (exact) mass is 334 g/mol. The lowest BCUT2D eigenvalue weighted by Gasteiger charge is -2.33. The summed E-state index contributed by atoms with van der Waals surface area (Å²) in [4.78, 5) is 23.1. The molecule has 2 rings (SSSR count). The molecule has 1 aromatic rings. The fraction of sp³-hybridized carbons (Fsp3) is 0.556. The van der Waals surface area contributed by atoms with Crippen LogP contribution in [0.1, 0.15) is 31.2 Å². The minimum Gasteiger partial charge on any atom is -0.393 e. The van der Waals surface area contributed by atoms with Gasteiger partial charge in [-0.05, 0) is 43.6 Å². The number of carbonyl (C=O) groups excluding carboxylic acids is 2. The van der Waals surface area contributed by atoms with E-state index < -0.39 is 29.9 Å². The quantitative estimate of drug-likeness (QED) is 0.650. The van der Waals surface area contributed by atoms with Gasteiger partial charge in [-0.1, -0.05) is 30.3 Å². The Balaban J connectivity index is 1.90. The molecule has 2 unspecified atom stereocenters. The molecule has 1 fully saturated rings. The number of ether oxygens (including phenoxy) is 1. The topological polar surface area (TPSA) is 116 Å². The molecule has 5 N–H and O–H groups in total. The minimum absolute atomic E-state index is 0.0832. The lowest BCUT2D eigenvalue weighted by Crippen LogP contribution is -2.42. The molecule has 0 saturated carbocycles. The van der Waals surface area contributed by atoms with E-state index in [4.69, 9.17) is 16.2 Å². The van der Waals surface area contributed by atoms with Gasteiger partial charge < -0.3 is 21.3 Å². The van der Waals surface area contributed by atoms with Crippen molar-refractivity contribution in [3.63, 3.8) is 0 Å². The number of aliphatic hydroxyl groups is 1. The van der Waals surface area contributed by atoms with Crippen molar-refractivity contribution in [1.29, 1.82) is 0 Å². The highest BCUT2D eigenvalue weighted by Crippen LogP contribution is 2.30. The molecule has 132 valence electrons. The van der Waals surface area contributed by atoms with Crippen LogP contribution in [0, 0.1) is 11.8 Å². The molecule has 4 atom stereocenters. The Morgan fingerprint density at radius 3 is 2.58 bits per heavy atom. The Kier molecular flexibility index (Phi) is 6.75. The van der Waals surface area contributed by atoms with Crippen molar-refractivity contribution < 1.29 is 19.4 Å². The number of hydrogen-bond donors (Lipinski definition) is 3. The molecule has 0 radical (unpaired) electrons.